The van der Waals surface area contributed by atoms with Crippen molar-refractivity contribution in [1.29, 1.82) is 0 Å². The predicted molar refractivity (Wildman–Crippen MR) is 82.9 cm³/mol. The van der Waals surface area contributed by atoms with Gasteiger partial charge in [0.1, 0.15) is 5.82 Å². The monoisotopic (exact) mass is 291 g/mol. The first kappa shape index (κ1) is 15.7. The van der Waals surface area contributed by atoms with Crippen molar-refractivity contribution in [2.45, 2.75) is 52.9 Å². The maximum atomic E-state index is 11.5. The van der Waals surface area contributed by atoms with Gasteiger partial charge >= 0.3 is 5.97 Å². The molecule has 116 valence electrons. The van der Waals surface area contributed by atoms with Crippen molar-refractivity contribution in [3.63, 3.8) is 0 Å². The van der Waals surface area contributed by atoms with E-state index in [-0.39, 0.29) is 11.6 Å². The predicted octanol–water partition coefficient (Wildman–Crippen LogP) is 3.31. The van der Waals surface area contributed by atoms with Crippen LogP contribution in [0.5, 0.6) is 0 Å². The molecule has 1 aliphatic heterocycles. The SMILES string of the molecule is CC(C)c1ncc(N2CCCC(C)(C)CC2)c(C(=O)O)n1. The Hall–Kier alpha value is -1.65. The van der Waals surface area contributed by atoms with Gasteiger partial charge in [-0.1, -0.05) is 27.7 Å². The molecule has 1 fully saturated rings. The first-order valence-corrected chi connectivity index (χ1v) is 7.65. The third-order valence-electron chi connectivity index (χ3n) is 4.19. The van der Waals surface area contributed by atoms with Crippen LogP contribution in [0.15, 0.2) is 6.20 Å². The molecule has 1 aromatic heterocycles. The van der Waals surface area contributed by atoms with Crippen LogP contribution in [0, 0.1) is 5.41 Å². The van der Waals surface area contributed by atoms with E-state index in [0.717, 1.165) is 32.4 Å². The number of aromatic nitrogens is 2. The second-order valence-electron chi connectivity index (χ2n) is 6.93. The molecular weight excluding hydrogens is 266 g/mol. The molecule has 0 bridgehead atoms. The fraction of sp³-hybridized carbons (Fsp3) is 0.688. The van der Waals surface area contributed by atoms with Crippen LogP contribution in [0.2, 0.25) is 0 Å². The van der Waals surface area contributed by atoms with Crippen LogP contribution in [0.3, 0.4) is 0 Å². The Morgan fingerprint density at radius 3 is 2.67 bits per heavy atom. The Balaban J connectivity index is 2.32. The molecule has 0 radical (unpaired) electrons. The summed E-state index contributed by atoms with van der Waals surface area (Å²) in [6, 6.07) is 0. The van der Waals surface area contributed by atoms with E-state index in [2.05, 4.69) is 28.7 Å². The molecule has 0 aliphatic carbocycles. The van der Waals surface area contributed by atoms with E-state index in [1.165, 1.54) is 0 Å². The summed E-state index contributed by atoms with van der Waals surface area (Å²) in [5.41, 5.74) is 1.11. The molecule has 0 atom stereocenters. The lowest BCUT2D eigenvalue weighted by molar-refractivity contribution is 0.0690. The van der Waals surface area contributed by atoms with E-state index in [4.69, 9.17) is 0 Å². The Bertz CT molecular complexity index is 526. The Kier molecular flexibility index (Phi) is 4.49. The topological polar surface area (TPSA) is 66.3 Å². The van der Waals surface area contributed by atoms with Crippen molar-refractivity contribution in [1.82, 2.24) is 9.97 Å². The molecule has 5 heteroatoms. The fourth-order valence-corrected chi connectivity index (χ4v) is 2.72. The van der Waals surface area contributed by atoms with Crippen LogP contribution >= 0.6 is 0 Å². The van der Waals surface area contributed by atoms with Crippen molar-refractivity contribution in [2.75, 3.05) is 18.0 Å². The number of carbonyl (C=O) groups is 1. The molecule has 2 rings (SSSR count). The summed E-state index contributed by atoms with van der Waals surface area (Å²) >= 11 is 0. The highest BCUT2D eigenvalue weighted by molar-refractivity contribution is 5.92. The van der Waals surface area contributed by atoms with Gasteiger partial charge in [0.15, 0.2) is 5.69 Å². The molecule has 0 unspecified atom stereocenters. The van der Waals surface area contributed by atoms with Gasteiger partial charge in [-0.05, 0) is 24.7 Å². The maximum absolute atomic E-state index is 11.5. The van der Waals surface area contributed by atoms with Gasteiger partial charge in [0.2, 0.25) is 0 Å². The zero-order valence-corrected chi connectivity index (χ0v) is 13.4. The Labute approximate surface area is 126 Å². The van der Waals surface area contributed by atoms with Gasteiger partial charge in [-0.3, -0.25) is 0 Å². The van der Waals surface area contributed by atoms with Crippen molar-refractivity contribution in [3.8, 4) is 0 Å². The van der Waals surface area contributed by atoms with Gasteiger partial charge in [0.25, 0.3) is 0 Å². The first-order valence-electron chi connectivity index (χ1n) is 7.65. The highest BCUT2D eigenvalue weighted by atomic mass is 16.4. The molecule has 21 heavy (non-hydrogen) atoms. The summed E-state index contributed by atoms with van der Waals surface area (Å²) in [6.07, 6.45) is 4.97. The number of hydrogen-bond donors (Lipinski definition) is 1. The van der Waals surface area contributed by atoms with Gasteiger partial charge < -0.3 is 10.0 Å². The van der Waals surface area contributed by atoms with Crippen LogP contribution in [-0.4, -0.2) is 34.1 Å². The third-order valence-corrected chi connectivity index (χ3v) is 4.19. The molecule has 1 saturated heterocycles. The molecule has 0 amide bonds. The smallest absolute Gasteiger partial charge is 0.356 e. The van der Waals surface area contributed by atoms with E-state index < -0.39 is 5.97 Å². The summed E-state index contributed by atoms with van der Waals surface area (Å²) in [7, 11) is 0. The third kappa shape index (κ3) is 3.71. The number of anilines is 1. The maximum Gasteiger partial charge on any atom is 0.356 e. The zero-order chi connectivity index (χ0) is 15.6. The highest BCUT2D eigenvalue weighted by Gasteiger charge is 2.26. The number of aromatic carboxylic acids is 1. The summed E-state index contributed by atoms with van der Waals surface area (Å²) in [5.74, 6) is -0.260. The summed E-state index contributed by atoms with van der Waals surface area (Å²) in [6.45, 7) is 10.2. The van der Waals surface area contributed by atoms with E-state index >= 15 is 0 Å². The molecule has 5 nitrogen and oxygen atoms in total. The second kappa shape index (κ2) is 6.00. The lowest BCUT2D eigenvalue weighted by Crippen LogP contribution is -2.28. The minimum absolute atomic E-state index is 0.125. The summed E-state index contributed by atoms with van der Waals surface area (Å²) in [4.78, 5) is 22.3. The molecular formula is C16H25N3O2. The van der Waals surface area contributed by atoms with Crippen LogP contribution in [0.1, 0.15) is 69.2 Å². The van der Waals surface area contributed by atoms with Crippen molar-refractivity contribution in [3.05, 3.63) is 17.7 Å². The first-order chi connectivity index (χ1) is 9.80. The van der Waals surface area contributed by atoms with Gasteiger partial charge in [0.05, 0.1) is 11.9 Å². The lowest BCUT2D eigenvalue weighted by atomic mass is 9.85. The lowest BCUT2D eigenvalue weighted by Gasteiger charge is -2.25. The normalized spacial score (nSPS) is 18.6. The molecule has 2 heterocycles. The minimum atomic E-state index is -0.974. The van der Waals surface area contributed by atoms with Gasteiger partial charge in [0, 0.05) is 19.0 Å². The summed E-state index contributed by atoms with van der Waals surface area (Å²) in [5, 5.41) is 9.46. The molecule has 0 saturated carbocycles. The summed E-state index contributed by atoms with van der Waals surface area (Å²) < 4.78 is 0. The Morgan fingerprint density at radius 1 is 1.33 bits per heavy atom. The number of rotatable bonds is 3. The molecule has 0 aromatic carbocycles. The van der Waals surface area contributed by atoms with Crippen LogP contribution in [0.4, 0.5) is 5.69 Å². The van der Waals surface area contributed by atoms with Crippen molar-refractivity contribution < 1.29 is 9.90 Å². The van der Waals surface area contributed by atoms with Gasteiger partial charge in [-0.25, -0.2) is 14.8 Å². The quantitative estimate of drug-likeness (QED) is 0.925. The van der Waals surface area contributed by atoms with Gasteiger partial charge in [-0.15, -0.1) is 0 Å². The van der Waals surface area contributed by atoms with Crippen LogP contribution in [0.25, 0.3) is 0 Å². The van der Waals surface area contributed by atoms with Crippen molar-refractivity contribution >= 4 is 11.7 Å². The minimum Gasteiger partial charge on any atom is -0.476 e. The van der Waals surface area contributed by atoms with E-state index in [0.29, 0.717) is 16.9 Å². The fourth-order valence-electron chi connectivity index (χ4n) is 2.72. The second-order valence-corrected chi connectivity index (χ2v) is 6.93. The Morgan fingerprint density at radius 2 is 2.05 bits per heavy atom. The van der Waals surface area contributed by atoms with E-state index in [9.17, 15) is 9.90 Å². The highest BCUT2D eigenvalue weighted by Crippen LogP contribution is 2.32. The molecule has 0 spiro atoms. The number of carboxylic acids is 1. The van der Waals surface area contributed by atoms with E-state index in [1.807, 2.05) is 13.8 Å². The van der Waals surface area contributed by atoms with E-state index in [1.54, 1.807) is 6.20 Å². The average molecular weight is 291 g/mol. The van der Waals surface area contributed by atoms with Gasteiger partial charge in [-0.2, -0.15) is 0 Å². The average Bonchev–Trinajstić information content (AvgIpc) is 2.59. The van der Waals surface area contributed by atoms with Crippen LogP contribution < -0.4 is 4.90 Å². The largest absolute Gasteiger partial charge is 0.476 e. The number of nitrogens with zero attached hydrogens (tertiary/aromatic N) is 3. The molecule has 1 aromatic rings. The number of hydrogen-bond acceptors (Lipinski definition) is 4. The molecule has 1 N–H and O–H groups in total. The molecule has 1 aliphatic rings. The zero-order valence-electron chi connectivity index (χ0n) is 13.4. The standard InChI is InChI=1S/C16H25N3O2/c1-11(2)14-17-10-12(13(18-14)15(20)21)19-8-5-6-16(3,4)7-9-19/h10-11H,5-9H2,1-4H3,(H,20,21). The van der Waals surface area contributed by atoms with Crippen LogP contribution in [-0.2, 0) is 0 Å². The van der Waals surface area contributed by atoms with Crippen molar-refractivity contribution in [2.24, 2.45) is 5.41 Å². The number of carboxylic acid groups (broad SMARTS) is 1.